The minimum atomic E-state index is -3.13. The van der Waals surface area contributed by atoms with E-state index in [9.17, 15) is 8.42 Å². The molecule has 0 N–H and O–H groups in total. The lowest BCUT2D eigenvalue weighted by Gasteiger charge is -2.11. The van der Waals surface area contributed by atoms with Crippen LogP contribution in [-0.4, -0.2) is 19.8 Å². The zero-order chi connectivity index (χ0) is 7.64. The third-order valence-corrected chi connectivity index (χ3v) is 5.12. The van der Waals surface area contributed by atoms with Crippen LogP contribution in [0.4, 0.5) is 0 Å². The van der Waals surface area contributed by atoms with Gasteiger partial charge in [-0.2, -0.15) is 8.42 Å². The Kier molecular flexibility index (Phi) is 0.958. The first-order chi connectivity index (χ1) is 5.17. The first kappa shape index (κ1) is 6.43. The molecule has 1 heterocycles. The first-order valence-electron chi connectivity index (χ1n) is 4.09. The second kappa shape index (κ2) is 1.64. The molecule has 0 aromatic carbocycles. The molecule has 4 heteroatoms. The molecule has 0 radical (unpaired) electrons. The molecule has 1 saturated heterocycles. The number of rotatable bonds is 0. The van der Waals surface area contributed by atoms with Crippen LogP contribution in [0.1, 0.15) is 19.3 Å². The van der Waals surface area contributed by atoms with Crippen molar-refractivity contribution < 1.29 is 12.6 Å². The van der Waals surface area contributed by atoms with Crippen LogP contribution in [0.25, 0.3) is 0 Å². The van der Waals surface area contributed by atoms with Gasteiger partial charge in [0.2, 0.25) is 0 Å². The maximum atomic E-state index is 11.3. The molecule has 2 bridgehead atoms. The van der Waals surface area contributed by atoms with E-state index in [4.69, 9.17) is 4.18 Å². The van der Waals surface area contributed by atoms with Crippen LogP contribution in [0.2, 0.25) is 0 Å². The second-order valence-corrected chi connectivity index (χ2v) is 5.69. The van der Waals surface area contributed by atoms with Gasteiger partial charge in [0.25, 0.3) is 10.1 Å². The average molecular weight is 174 g/mol. The van der Waals surface area contributed by atoms with Crippen molar-refractivity contribution in [3.63, 3.8) is 0 Å². The standard InChI is InChI=1S/C7H10O3S/c8-11(9)7-3-4-1-5(7)6(2-4)10-11/h4-7H,1-3H2. The van der Waals surface area contributed by atoms with Gasteiger partial charge < -0.3 is 0 Å². The summed E-state index contributed by atoms with van der Waals surface area (Å²) in [5, 5.41) is -0.133. The maximum absolute atomic E-state index is 11.3. The van der Waals surface area contributed by atoms with E-state index in [0.29, 0.717) is 11.8 Å². The van der Waals surface area contributed by atoms with Gasteiger partial charge in [-0.1, -0.05) is 0 Å². The lowest BCUT2D eigenvalue weighted by Crippen LogP contribution is -2.21. The normalized spacial score (nSPS) is 57.1. The van der Waals surface area contributed by atoms with Crippen molar-refractivity contribution >= 4 is 10.1 Å². The van der Waals surface area contributed by atoms with E-state index in [0.717, 1.165) is 19.3 Å². The molecular weight excluding hydrogens is 164 g/mol. The van der Waals surface area contributed by atoms with Crippen molar-refractivity contribution in [2.75, 3.05) is 0 Å². The Morgan fingerprint density at radius 3 is 2.55 bits per heavy atom. The van der Waals surface area contributed by atoms with Gasteiger partial charge >= 0.3 is 0 Å². The highest BCUT2D eigenvalue weighted by Crippen LogP contribution is 2.54. The molecule has 0 spiro atoms. The highest BCUT2D eigenvalue weighted by atomic mass is 32.2. The lowest BCUT2D eigenvalue weighted by molar-refractivity contribution is 0.196. The Morgan fingerprint density at radius 1 is 1.18 bits per heavy atom. The van der Waals surface area contributed by atoms with Crippen LogP contribution in [0, 0.1) is 11.8 Å². The van der Waals surface area contributed by atoms with Crippen molar-refractivity contribution in [2.45, 2.75) is 30.6 Å². The molecule has 0 aromatic rings. The summed E-state index contributed by atoms with van der Waals surface area (Å²) in [5.41, 5.74) is 0. The average Bonchev–Trinajstić information content (AvgIpc) is 2.44. The van der Waals surface area contributed by atoms with Crippen molar-refractivity contribution in [1.82, 2.24) is 0 Å². The SMILES string of the molecule is O=S1(=O)OC2CC3CC2C1C3. The van der Waals surface area contributed by atoms with E-state index in [1.807, 2.05) is 0 Å². The predicted octanol–water partition coefficient (Wildman–Crippen LogP) is 0.513. The molecule has 62 valence electrons. The Bertz CT molecular complexity index is 293. The van der Waals surface area contributed by atoms with Gasteiger partial charge in [-0.05, 0) is 25.2 Å². The number of fused-ring (bicyclic) bond motifs is 1. The molecule has 11 heavy (non-hydrogen) atoms. The Hall–Kier alpha value is -0.0900. The molecule has 3 aliphatic rings. The molecule has 3 nitrogen and oxygen atoms in total. The van der Waals surface area contributed by atoms with Gasteiger partial charge in [0, 0.05) is 5.92 Å². The molecule has 0 amide bonds. The van der Waals surface area contributed by atoms with Gasteiger partial charge in [0.15, 0.2) is 0 Å². The van der Waals surface area contributed by atoms with Crippen molar-refractivity contribution in [3.8, 4) is 0 Å². The molecule has 0 aromatic heterocycles. The summed E-state index contributed by atoms with van der Waals surface area (Å²) in [6.45, 7) is 0. The zero-order valence-electron chi connectivity index (χ0n) is 6.06. The quantitative estimate of drug-likeness (QED) is 0.503. The Balaban J connectivity index is 2.14. The fourth-order valence-corrected chi connectivity index (χ4v) is 4.84. The summed E-state index contributed by atoms with van der Waals surface area (Å²) < 4.78 is 27.5. The fourth-order valence-electron chi connectivity index (χ4n) is 2.91. The van der Waals surface area contributed by atoms with E-state index in [1.54, 1.807) is 0 Å². The minimum Gasteiger partial charge on any atom is -0.266 e. The maximum Gasteiger partial charge on any atom is 0.270 e. The molecular formula is C7H10O3S. The van der Waals surface area contributed by atoms with E-state index in [2.05, 4.69) is 0 Å². The van der Waals surface area contributed by atoms with Gasteiger partial charge in [-0.3, -0.25) is 4.18 Å². The van der Waals surface area contributed by atoms with Crippen LogP contribution in [0.3, 0.4) is 0 Å². The monoisotopic (exact) mass is 174 g/mol. The lowest BCUT2D eigenvalue weighted by atomic mass is 9.98. The predicted molar refractivity (Wildman–Crippen MR) is 38.4 cm³/mol. The largest absolute Gasteiger partial charge is 0.270 e. The van der Waals surface area contributed by atoms with Crippen LogP contribution in [0.5, 0.6) is 0 Å². The molecule has 3 rings (SSSR count). The van der Waals surface area contributed by atoms with Gasteiger partial charge in [0.05, 0.1) is 11.4 Å². The van der Waals surface area contributed by atoms with Crippen LogP contribution < -0.4 is 0 Å². The van der Waals surface area contributed by atoms with Gasteiger partial charge in [-0.25, -0.2) is 0 Å². The Morgan fingerprint density at radius 2 is 2.00 bits per heavy atom. The molecule has 4 atom stereocenters. The van der Waals surface area contributed by atoms with Crippen molar-refractivity contribution in [3.05, 3.63) is 0 Å². The summed E-state index contributed by atoms with van der Waals surface area (Å²) >= 11 is 0. The molecule has 2 aliphatic carbocycles. The Labute approximate surface area is 65.9 Å². The van der Waals surface area contributed by atoms with E-state index >= 15 is 0 Å². The summed E-state index contributed by atoms with van der Waals surface area (Å²) in [4.78, 5) is 0. The molecule has 4 unspecified atom stereocenters. The highest BCUT2D eigenvalue weighted by molar-refractivity contribution is 7.87. The highest BCUT2D eigenvalue weighted by Gasteiger charge is 2.59. The zero-order valence-corrected chi connectivity index (χ0v) is 6.88. The summed E-state index contributed by atoms with van der Waals surface area (Å²) in [6.07, 6.45) is 3.00. The smallest absolute Gasteiger partial charge is 0.266 e. The minimum absolute atomic E-state index is 0.0590. The van der Waals surface area contributed by atoms with Crippen LogP contribution in [-0.2, 0) is 14.3 Å². The van der Waals surface area contributed by atoms with Crippen molar-refractivity contribution in [1.29, 1.82) is 0 Å². The van der Waals surface area contributed by atoms with Crippen LogP contribution in [0.15, 0.2) is 0 Å². The summed E-state index contributed by atoms with van der Waals surface area (Å²) in [5.74, 6) is 0.997. The van der Waals surface area contributed by atoms with Crippen LogP contribution >= 0.6 is 0 Å². The summed E-state index contributed by atoms with van der Waals surface area (Å²) in [7, 11) is -3.13. The second-order valence-electron chi connectivity index (χ2n) is 3.90. The topological polar surface area (TPSA) is 43.4 Å². The van der Waals surface area contributed by atoms with Gasteiger partial charge in [-0.15, -0.1) is 0 Å². The van der Waals surface area contributed by atoms with Gasteiger partial charge in [0.1, 0.15) is 0 Å². The molecule has 1 aliphatic heterocycles. The van der Waals surface area contributed by atoms with E-state index in [1.165, 1.54) is 0 Å². The van der Waals surface area contributed by atoms with E-state index < -0.39 is 10.1 Å². The van der Waals surface area contributed by atoms with Crippen molar-refractivity contribution in [2.24, 2.45) is 11.8 Å². The molecule has 2 saturated carbocycles. The van der Waals surface area contributed by atoms with E-state index in [-0.39, 0.29) is 11.4 Å². The molecule has 3 fully saturated rings. The third-order valence-electron chi connectivity index (χ3n) is 3.32. The third kappa shape index (κ3) is 0.649. The number of hydrogen-bond acceptors (Lipinski definition) is 3. The number of hydrogen-bond donors (Lipinski definition) is 0. The summed E-state index contributed by atoms with van der Waals surface area (Å²) in [6, 6.07) is 0. The first-order valence-corrected chi connectivity index (χ1v) is 5.56. The fraction of sp³-hybridized carbons (Fsp3) is 1.00.